The Hall–Kier alpha value is -1.79. The average Bonchev–Trinajstić information content (AvgIpc) is 2.47. The summed E-state index contributed by atoms with van der Waals surface area (Å²) in [7, 11) is 0. The predicted octanol–water partition coefficient (Wildman–Crippen LogP) is 2.86. The number of anilines is 1. The molecule has 112 valence electrons. The molecule has 0 saturated carbocycles. The Kier molecular flexibility index (Phi) is 5.41. The van der Waals surface area contributed by atoms with Crippen molar-refractivity contribution in [2.24, 2.45) is 0 Å². The van der Waals surface area contributed by atoms with Gasteiger partial charge < -0.3 is 10.0 Å². The number of aromatic nitrogens is 2. The van der Waals surface area contributed by atoms with E-state index < -0.39 is 13.0 Å². The summed E-state index contributed by atoms with van der Waals surface area (Å²) in [5.74, 6) is 0.624. The van der Waals surface area contributed by atoms with E-state index in [1.165, 1.54) is 11.0 Å². The summed E-state index contributed by atoms with van der Waals surface area (Å²) < 4.78 is 25.2. The topological polar surface area (TPSA) is 49.2 Å². The summed E-state index contributed by atoms with van der Waals surface area (Å²) in [4.78, 5) is 9.65. The minimum absolute atomic E-state index is 0.0475. The highest BCUT2D eigenvalue weighted by molar-refractivity contribution is 6.29. The van der Waals surface area contributed by atoms with Gasteiger partial charge in [-0.1, -0.05) is 41.9 Å². The summed E-state index contributed by atoms with van der Waals surface area (Å²) in [5.41, 5.74) is 0.738. The Bertz CT molecular complexity index is 584. The number of alkyl halides is 2. The highest BCUT2D eigenvalue weighted by atomic mass is 35.5. The number of rotatable bonds is 6. The Morgan fingerprint density at radius 2 is 1.90 bits per heavy atom. The maximum Gasteiger partial charge on any atom is 0.255 e. The molecular formula is C14H14ClF2N3O. The summed E-state index contributed by atoms with van der Waals surface area (Å²) in [6.45, 7) is -0.733. The SMILES string of the molecule is OCCN(CC(F)F)c1cc(Cl)nc(-c2ccccc2)n1. The van der Waals surface area contributed by atoms with Crippen LogP contribution in [0.3, 0.4) is 0 Å². The third-order valence-corrected chi connectivity index (χ3v) is 2.96. The van der Waals surface area contributed by atoms with Crippen LogP contribution < -0.4 is 4.90 Å². The lowest BCUT2D eigenvalue weighted by atomic mass is 10.2. The Balaban J connectivity index is 2.37. The van der Waals surface area contributed by atoms with Crippen molar-refractivity contribution in [1.82, 2.24) is 9.97 Å². The van der Waals surface area contributed by atoms with E-state index in [2.05, 4.69) is 9.97 Å². The molecule has 7 heteroatoms. The molecule has 4 nitrogen and oxygen atoms in total. The van der Waals surface area contributed by atoms with E-state index in [0.717, 1.165) is 5.56 Å². The standard InChI is InChI=1S/C14H14ClF2N3O/c15-11-8-13(20(6-7-21)9-12(16)17)19-14(18-11)10-4-2-1-3-5-10/h1-5,8,12,21H,6-7,9H2. The zero-order chi connectivity index (χ0) is 15.2. The number of aliphatic hydroxyl groups excluding tert-OH is 1. The van der Waals surface area contributed by atoms with Gasteiger partial charge in [-0.15, -0.1) is 0 Å². The molecule has 1 aromatic heterocycles. The lowest BCUT2D eigenvalue weighted by Gasteiger charge is -2.22. The third kappa shape index (κ3) is 4.34. The fourth-order valence-electron chi connectivity index (χ4n) is 1.87. The van der Waals surface area contributed by atoms with Crippen LogP contribution in [0.5, 0.6) is 0 Å². The lowest BCUT2D eigenvalue weighted by molar-refractivity contribution is 0.152. The van der Waals surface area contributed by atoms with Crippen LogP contribution in [0, 0.1) is 0 Å². The third-order valence-electron chi connectivity index (χ3n) is 2.77. The molecule has 0 aliphatic rings. The van der Waals surface area contributed by atoms with E-state index >= 15 is 0 Å². The van der Waals surface area contributed by atoms with E-state index in [-0.39, 0.29) is 24.1 Å². The van der Waals surface area contributed by atoms with Gasteiger partial charge >= 0.3 is 0 Å². The molecule has 21 heavy (non-hydrogen) atoms. The van der Waals surface area contributed by atoms with Gasteiger partial charge in [-0.3, -0.25) is 0 Å². The number of hydrogen-bond donors (Lipinski definition) is 1. The molecule has 1 heterocycles. The second-order valence-corrected chi connectivity index (χ2v) is 4.69. The van der Waals surface area contributed by atoms with Crippen molar-refractivity contribution in [2.75, 3.05) is 24.6 Å². The monoisotopic (exact) mass is 313 g/mol. The first-order chi connectivity index (χ1) is 10.1. The van der Waals surface area contributed by atoms with Crippen LogP contribution in [-0.4, -0.2) is 41.2 Å². The number of benzene rings is 1. The van der Waals surface area contributed by atoms with Gasteiger partial charge in [0.05, 0.1) is 13.2 Å². The Labute approximate surface area is 126 Å². The Morgan fingerprint density at radius 3 is 2.52 bits per heavy atom. The van der Waals surface area contributed by atoms with Crippen molar-refractivity contribution in [1.29, 1.82) is 0 Å². The zero-order valence-corrected chi connectivity index (χ0v) is 11.8. The van der Waals surface area contributed by atoms with Gasteiger partial charge in [0.1, 0.15) is 11.0 Å². The van der Waals surface area contributed by atoms with E-state index in [4.69, 9.17) is 16.7 Å². The van der Waals surface area contributed by atoms with E-state index in [0.29, 0.717) is 5.82 Å². The van der Waals surface area contributed by atoms with Crippen LogP contribution >= 0.6 is 11.6 Å². The molecule has 2 aromatic rings. The molecule has 0 atom stereocenters. The molecule has 0 radical (unpaired) electrons. The van der Waals surface area contributed by atoms with Crippen LogP contribution in [-0.2, 0) is 0 Å². The average molecular weight is 314 g/mol. The molecule has 0 fully saturated rings. The molecule has 0 bridgehead atoms. The molecule has 2 rings (SSSR count). The van der Waals surface area contributed by atoms with Gasteiger partial charge in [-0.2, -0.15) is 0 Å². The first-order valence-electron chi connectivity index (χ1n) is 6.34. The zero-order valence-electron chi connectivity index (χ0n) is 11.1. The fourth-order valence-corrected chi connectivity index (χ4v) is 2.05. The van der Waals surface area contributed by atoms with Crippen molar-refractivity contribution >= 4 is 17.4 Å². The quantitative estimate of drug-likeness (QED) is 0.833. The second kappa shape index (κ2) is 7.28. The maximum atomic E-state index is 12.6. The molecule has 1 N–H and O–H groups in total. The normalized spacial score (nSPS) is 10.9. The fraction of sp³-hybridized carbons (Fsp3) is 0.286. The highest BCUT2D eigenvalue weighted by Crippen LogP contribution is 2.22. The van der Waals surface area contributed by atoms with Crippen LogP contribution in [0.4, 0.5) is 14.6 Å². The number of halogens is 3. The second-order valence-electron chi connectivity index (χ2n) is 4.30. The highest BCUT2D eigenvalue weighted by Gasteiger charge is 2.16. The molecular weight excluding hydrogens is 300 g/mol. The number of hydrogen-bond acceptors (Lipinski definition) is 4. The van der Waals surface area contributed by atoms with Crippen molar-refractivity contribution in [2.45, 2.75) is 6.43 Å². The van der Waals surface area contributed by atoms with Gasteiger partial charge in [0, 0.05) is 18.2 Å². The van der Waals surface area contributed by atoms with Crippen molar-refractivity contribution < 1.29 is 13.9 Å². The number of aliphatic hydroxyl groups is 1. The van der Waals surface area contributed by atoms with Crippen molar-refractivity contribution in [3.63, 3.8) is 0 Å². The van der Waals surface area contributed by atoms with Gasteiger partial charge in [0.15, 0.2) is 5.82 Å². The van der Waals surface area contributed by atoms with Crippen LogP contribution in [0.25, 0.3) is 11.4 Å². The maximum absolute atomic E-state index is 12.6. The lowest BCUT2D eigenvalue weighted by Crippen LogP contribution is -2.32. The summed E-state index contributed by atoms with van der Waals surface area (Å²) >= 11 is 5.95. The van der Waals surface area contributed by atoms with Crippen molar-refractivity contribution in [3.8, 4) is 11.4 Å². The van der Waals surface area contributed by atoms with Gasteiger partial charge in [0.25, 0.3) is 6.43 Å². The molecule has 0 aliphatic carbocycles. The molecule has 1 aromatic carbocycles. The number of nitrogens with zero attached hydrogens (tertiary/aromatic N) is 3. The molecule has 0 unspecified atom stereocenters. The van der Waals surface area contributed by atoms with Gasteiger partial charge in [-0.05, 0) is 0 Å². The minimum Gasteiger partial charge on any atom is -0.395 e. The van der Waals surface area contributed by atoms with E-state index in [1.807, 2.05) is 18.2 Å². The molecule has 0 spiro atoms. The smallest absolute Gasteiger partial charge is 0.255 e. The van der Waals surface area contributed by atoms with Crippen LogP contribution in [0.15, 0.2) is 36.4 Å². The van der Waals surface area contributed by atoms with Gasteiger partial charge in [-0.25, -0.2) is 18.7 Å². The first kappa shape index (κ1) is 15.6. The predicted molar refractivity (Wildman–Crippen MR) is 77.8 cm³/mol. The molecule has 0 aliphatic heterocycles. The molecule has 0 amide bonds. The van der Waals surface area contributed by atoms with E-state index in [9.17, 15) is 8.78 Å². The first-order valence-corrected chi connectivity index (χ1v) is 6.72. The molecule has 0 saturated heterocycles. The Morgan fingerprint density at radius 1 is 1.19 bits per heavy atom. The summed E-state index contributed by atoms with van der Waals surface area (Å²) in [5, 5.41) is 9.17. The van der Waals surface area contributed by atoms with Crippen LogP contribution in [0.1, 0.15) is 0 Å². The van der Waals surface area contributed by atoms with Crippen LogP contribution in [0.2, 0.25) is 5.15 Å². The largest absolute Gasteiger partial charge is 0.395 e. The minimum atomic E-state index is -2.54. The summed E-state index contributed by atoms with van der Waals surface area (Å²) in [6.07, 6.45) is -2.54. The van der Waals surface area contributed by atoms with Gasteiger partial charge in [0.2, 0.25) is 0 Å². The van der Waals surface area contributed by atoms with E-state index in [1.54, 1.807) is 12.1 Å². The summed E-state index contributed by atoms with van der Waals surface area (Å²) in [6, 6.07) is 10.5. The van der Waals surface area contributed by atoms with Crippen molar-refractivity contribution in [3.05, 3.63) is 41.6 Å².